The Labute approximate surface area is 180 Å². The third-order valence-corrected chi connectivity index (χ3v) is 4.76. The Morgan fingerprint density at radius 3 is 2.71 bits per heavy atom. The van der Waals surface area contributed by atoms with E-state index in [4.69, 9.17) is 5.11 Å². The van der Waals surface area contributed by atoms with Crippen LogP contribution in [0.1, 0.15) is 16.9 Å². The number of hydrogen-bond acceptors (Lipinski definition) is 6. The fourth-order valence-electron chi connectivity index (χ4n) is 2.39. The molecule has 0 spiro atoms. The van der Waals surface area contributed by atoms with E-state index in [-0.39, 0.29) is 31.2 Å². The average molecular weight is 441 g/mol. The van der Waals surface area contributed by atoms with Gasteiger partial charge in [0.2, 0.25) is 0 Å². The molecule has 3 heterocycles. The largest absolute Gasteiger partial charge is 0.481 e. The van der Waals surface area contributed by atoms with Gasteiger partial charge in [-0.3, -0.25) is 4.79 Å². The molecule has 0 saturated carbocycles. The van der Waals surface area contributed by atoms with Gasteiger partial charge in [0.05, 0.1) is 17.0 Å². The predicted molar refractivity (Wildman–Crippen MR) is 118 cm³/mol. The fourth-order valence-corrected chi connectivity index (χ4v) is 3.34. The second-order valence-corrected chi connectivity index (χ2v) is 7.01. The van der Waals surface area contributed by atoms with Gasteiger partial charge in [0.15, 0.2) is 0 Å². The summed E-state index contributed by atoms with van der Waals surface area (Å²) in [5.41, 5.74) is 2.03. The molecular weight excluding hydrogens is 419 g/mol. The highest BCUT2D eigenvalue weighted by Gasteiger charge is 2.06. The highest BCUT2D eigenvalue weighted by Crippen LogP contribution is 2.28. The van der Waals surface area contributed by atoms with Crippen molar-refractivity contribution in [3.8, 4) is 10.6 Å². The number of pyridine rings is 2. The molecule has 0 fully saturated rings. The number of thiophene rings is 1. The third kappa shape index (κ3) is 7.09. The van der Waals surface area contributed by atoms with Crippen LogP contribution in [0.15, 0.2) is 48.7 Å². The minimum absolute atomic E-state index is 0. The molecule has 0 aromatic carbocycles. The summed E-state index contributed by atoms with van der Waals surface area (Å²) in [7, 11) is 0. The number of carbonyl (C=O) groups is 1. The molecule has 3 aromatic heterocycles. The number of rotatable bonds is 8. The van der Waals surface area contributed by atoms with Crippen molar-refractivity contribution in [2.75, 3.05) is 11.9 Å². The van der Waals surface area contributed by atoms with Crippen molar-refractivity contribution in [3.05, 3.63) is 59.1 Å². The Bertz CT molecular complexity index is 905. The van der Waals surface area contributed by atoms with Crippen LogP contribution in [0.4, 0.5) is 11.6 Å². The molecule has 150 valence electrons. The highest BCUT2D eigenvalue weighted by atomic mass is 35.5. The number of halogens is 2. The van der Waals surface area contributed by atoms with Crippen molar-refractivity contribution in [1.29, 1.82) is 0 Å². The molecule has 28 heavy (non-hydrogen) atoms. The summed E-state index contributed by atoms with van der Waals surface area (Å²) in [4.78, 5) is 21.7. The molecule has 3 rings (SSSR count). The number of nitrogens with zero attached hydrogens (tertiary/aromatic N) is 2. The third-order valence-electron chi connectivity index (χ3n) is 3.65. The van der Waals surface area contributed by atoms with Gasteiger partial charge in [0.1, 0.15) is 11.6 Å². The van der Waals surface area contributed by atoms with Crippen LogP contribution in [0.5, 0.6) is 0 Å². The number of aromatic nitrogens is 2. The van der Waals surface area contributed by atoms with Crippen LogP contribution in [0.25, 0.3) is 10.6 Å². The highest BCUT2D eigenvalue weighted by molar-refractivity contribution is 7.15. The standard InChI is InChI=1S/C19H20N4O2S.2ClH/c1-13-7-10-21-18(11-13)23-17-4-2-3-15(22-17)16-6-5-14(26-16)12-20-9-8-19(24)25;;/h2-7,10-11,20H,8-9,12H2,1H3,(H,24,25)(H,21,22,23);2*1H. The lowest BCUT2D eigenvalue weighted by Gasteiger charge is -2.06. The van der Waals surface area contributed by atoms with E-state index in [0.29, 0.717) is 13.1 Å². The van der Waals surface area contributed by atoms with Gasteiger partial charge in [-0.15, -0.1) is 36.2 Å². The molecule has 0 amide bonds. The maximum absolute atomic E-state index is 10.5. The Balaban J connectivity index is 0.00000196. The first-order valence-electron chi connectivity index (χ1n) is 8.28. The zero-order valence-corrected chi connectivity index (χ0v) is 17.7. The molecule has 0 atom stereocenters. The molecular formula is C19H22Cl2N4O2S. The van der Waals surface area contributed by atoms with E-state index in [1.54, 1.807) is 17.5 Å². The van der Waals surface area contributed by atoms with Crippen LogP contribution < -0.4 is 10.6 Å². The van der Waals surface area contributed by atoms with E-state index < -0.39 is 5.97 Å². The summed E-state index contributed by atoms with van der Waals surface area (Å²) in [5, 5.41) is 15.0. The lowest BCUT2D eigenvalue weighted by molar-refractivity contribution is -0.136. The Morgan fingerprint density at radius 2 is 1.96 bits per heavy atom. The summed E-state index contributed by atoms with van der Waals surface area (Å²) in [6.07, 6.45) is 1.89. The molecule has 0 aliphatic heterocycles. The zero-order chi connectivity index (χ0) is 18.4. The van der Waals surface area contributed by atoms with E-state index in [2.05, 4.69) is 20.6 Å². The molecule has 6 nitrogen and oxygen atoms in total. The van der Waals surface area contributed by atoms with Gasteiger partial charge in [0.25, 0.3) is 0 Å². The molecule has 0 aliphatic carbocycles. The topological polar surface area (TPSA) is 87.1 Å². The summed E-state index contributed by atoms with van der Waals surface area (Å²) in [6.45, 7) is 3.14. The van der Waals surface area contributed by atoms with Crippen LogP contribution in [0.2, 0.25) is 0 Å². The van der Waals surface area contributed by atoms with Crippen molar-refractivity contribution in [2.45, 2.75) is 19.9 Å². The normalized spacial score (nSPS) is 9.89. The zero-order valence-electron chi connectivity index (χ0n) is 15.2. The lowest BCUT2D eigenvalue weighted by Crippen LogP contribution is -2.16. The smallest absolute Gasteiger partial charge is 0.304 e. The average Bonchev–Trinajstić information content (AvgIpc) is 3.08. The van der Waals surface area contributed by atoms with Crippen molar-refractivity contribution < 1.29 is 9.90 Å². The molecule has 0 radical (unpaired) electrons. The summed E-state index contributed by atoms with van der Waals surface area (Å²) in [5.74, 6) is 0.722. The van der Waals surface area contributed by atoms with Crippen molar-refractivity contribution in [2.24, 2.45) is 0 Å². The molecule has 0 saturated heterocycles. The van der Waals surface area contributed by atoms with Gasteiger partial charge in [-0.05, 0) is 48.9 Å². The van der Waals surface area contributed by atoms with Gasteiger partial charge in [-0.25, -0.2) is 9.97 Å². The maximum Gasteiger partial charge on any atom is 0.304 e. The first-order chi connectivity index (χ1) is 12.6. The van der Waals surface area contributed by atoms with Crippen LogP contribution in [-0.4, -0.2) is 27.6 Å². The van der Waals surface area contributed by atoms with E-state index in [0.717, 1.165) is 32.6 Å². The number of carboxylic acid groups (broad SMARTS) is 1. The van der Waals surface area contributed by atoms with Crippen molar-refractivity contribution in [1.82, 2.24) is 15.3 Å². The van der Waals surface area contributed by atoms with Gasteiger partial charge in [-0.1, -0.05) is 6.07 Å². The maximum atomic E-state index is 10.5. The van der Waals surface area contributed by atoms with Gasteiger partial charge in [-0.2, -0.15) is 0 Å². The lowest BCUT2D eigenvalue weighted by atomic mass is 10.3. The Hall–Kier alpha value is -2.19. The number of anilines is 2. The number of nitrogens with one attached hydrogen (secondary N) is 2. The molecule has 0 unspecified atom stereocenters. The molecule has 0 aliphatic rings. The van der Waals surface area contributed by atoms with Crippen molar-refractivity contribution >= 4 is 53.8 Å². The summed E-state index contributed by atoms with van der Waals surface area (Å²) < 4.78 is 0. The predicted octanol–water partition coefficient (Wildman–Crippen LogP) is 4.67. The molecule has 3 aromatic rings. The summed E-state index contributed by atoms with van der Waals surface area (Å²) in [6, 6.07) is 13.9. The number of carboxylic acids is 1. The van der Waals surface area contributed by atoms with Crippen LogP contribution in [0.3, 0.4) is 0 Å². The quantitative estimate of drug-likeness (QED) is 0.441. The number of aryl methyl sites for hydroxylation is 1. The fraction of sp³-hybridized carbons (Fsp3) is 0.211. The van der Waals surface area contributed by atoms with E-state index in [9.17, 15) is 4.79 Å². The van der Waals surface area contributed by atoms with Crippen LogP contribution in [-0.2, 0) is 11.3 Å². The first-order valence-corrected chi connectivity index (χ1v) is 9.10. The van der Waals surface area contributed by atoms with Gasteiger partial charge in [0, 0.05) is 24.2 Å². The number of hydrogen-bond donors (Lipinski definition) is 3. The number of aliphatic carboxylic acids is 1. The first kappa shape index (κ1) is 23.8. The SMILES string of the molecule is Cc1ccnc(Nc2cccc(-c3ccc(CNCCC(=O)O)s3)n2)c1.Cl.Cl. The second kappa shape index (κ2) is 11.6. The van der Waals surface area contributed by atoms with E-state index >= 15 is 0 Å². The molecule has 3 N–H and O–H groups in total. The minimum atomic E-state index is -0.791. The minimum Gasteiger partial charge on any atom is -0.481 e. The molecule has 0 bridgehead atoms. The summed E-state index contributed by atoms with van der Waals surface area (Å²) >= 11 is 1.65. The van der Waals surface area contributed by atoms with Crippen LogP contribution >= 0.6 is 36.2 Å². The van der Waals surface area contributed by atoms with Crippen LogP contribution in [0, 0.1) is 6.92 Å². The molecule has 9 heteroatoms. The van der Waals surface area contributed by atoms with Crippen molar-refractivity contribution in [3.63, 3.8) is 0 Å². The Morgan fingerprint density at radius 1 is 1.14 bits per heavy atom. The monoisotopic (exact) mass is 440 g/mol. The van der Waals surface area contributed by atoms with E-state index in [1.807, 2.05) is 49.4 Å². The van der Waals surface area contributed by atoms with Gasteiger partial charge >= 0.3 is 5.97 Å². The second-order valence-electron chi connectivity index (χ2n) is 5.84. The Kier molecular flexibility index (Phi) is 9.89. The van der Waals surface area contributed by atoms with E-state index in [1.165, 1.54) is 0 Å². The van der Waals surface area contributed by atoms with Gasteiger partial charge < -0.3 is 15.7 Å².